The lowest BCUT2D eigenvalue weighted by molar-refractivity contribution is 0.626. The van der Waals surface area contributed by atoms with E-state index in [2.05, 4.69) is 10.3 Å². The number of nitrogens with one attached hydrogen (secondary N) is 1. The molecule has 0 aliphatic carbocycles. The lowest BCUT2D eigenvalue weighted by Gasteiger charge is -2.18. The molecule has 0 fully saturated rings. The highest BCUT2D eigenvalue weighted by Gasteiger charge is 2.12. The molecule has 0 aliphatic rings. The minimum atomic E-state index is -0.331. The summed E-state index contributed by atoms with van der Waals surface area (Å²) in [6.45, 7) is 1.99. The molecular formula is C17H14ClFN2. The average Bonchev–Trinajstić information content (AvgIpc) is 2.47. The summed E-state index contributed by atoms with van der Waals surface area (Å²) in [6, 6.07) is 14.3. The van der Waals surface area contributed by atoms with Crippen molar-refractivity contribution in [1.82, 2.24) is 4.98 Å². The van der Waals surface area contributed by atoms with Gasteiger partial charge < -0.3 is 5.32 Å². The van der Waals surface area contributed by atoms with Crippen LogP contribution in [0.25, 0.3) is 10.9 Å². The molecule has 1 unspecified atom stereocenters. The first-order valence-electron chi connectivity index (χ1n) is 6.70. The smallest absolute Gasteiger partial charge is 0.124 e. The Labute approximate surface area is 127 Å². The average molecular weight is 301 g/mol. The monoisotopic (exact) mass is 300 g/mol. The van der Waals surface area contributed by atoms with Gasteiger partial charge in [-0.25, -0.2) is 4.39 Å². The number of rotatable bonds is 3. The molecule has 1 heterocycles. The molecule has 3 rings (SSSR count). The van der Waals surface area contributed by atoms with E-state index in [-0.39, 0.29) is 11.9 Å². The van der Waals surface area contributed by atoms with Crippen LogP contribution in [-0.2, 0) is 0 Å². The summed E-state index contributed by atoms with van der Waals surface area (Å²) in [5.41, 5.74) is 2.69. The summed E-state index contributed by atoms with van der Waals surface area (Å²) in [5, 5.41) is 4.88. The highest BCUT2D eigenvalue weighted by molar-refractivity contribution is 6.31. The van der Waals surface area contributed by atoms with Crippen molar-refractivity contribution in [2.24, 2.45) is 0 Å². The molecule has 1 aromatic heterocycles. The Hall–Kier alpha value is -2.13. The van der Waals surface area contributed by atoms with Crippen molar-refractivity contribution >= 4 is 28.2 Å². The number of halogens is 2. The van der Waals surface area contributed by atoms with E-state index >= 15 is 0 Å². The number of aromatic nitrogens is 1. The predicted molar refractivity (Wildman–Crippen MR) is 85.2 cm³/mol. The third kappa shape index (κ3) is 2.83. The van der Waals surface area contributed by atoms with Crippen LogP contribution in [0.2, 0.25) is 5.02 Å². The topological polar surface area (TPSA) is 24.9 Å². The standard InChI is InChI=1S/C17H14ClFN2/c1-11(14-8-7-13(19)10-15(14)18)21-16-6-2-4-12-5-3-9-20-17(12)16/h2-11,21H,1H3. The van der Waals surface area contributed by atoms with Crippen LogP contribution in [0.1, 0.15) is 18.5 Å². The number of hydrogen-bond donors (Lipinski definition) is 1. The molecule has 0 bridgehead atoms. The molecule has 21 heavy (non-hydrogen) atoms. The molecule has 3 aromatic rings. The van der Waals surface area contributed by atoms with Gasteiger partial charge >= 0.3 is 0 Å². The Balaban J connectivity index is 1.94. The third-order valence-corrected chi connectivity index (χ3v) is 3.76. The van der Waals surface area contributed by atoms with E-state index in [1.165, 1.54) is 12.1 Å². The summed E-state index contributed by atoms with van der Waals surface area (Å²) < 4.78 is 13.1. The number of hydrogen-bond acceptors (Lipinski definition) is 2. The van der Waals surface area contributed by atoms with E-state index in [4.69, 9.17) is 11.6 Å². The molecule has 0 saturated carbocycles. The summed E-state index contributed by atoms with van der Waals surface area (Å²) in [5.74, 6) is -0.331. The fourth-order valence-electron chi connectivity index (χ4n) is 2.38. The lowest BCUT2D eigenvalue weighted by Crippen LogP contribution is -2.08. The quantitative estimate of drug-likeness (QED) is 0.719. The second-order valence-corrected chi connectivity index (χ2v) is 5.32. The maximum absolute atomic E-state index is 13.1. The summed E-state index contributed by atoms with van der Waals surface area (Å²) in [7, 11) is 0. The third-order valence-electron chi connectivity index (χ3n) is 3.43. The Morgan fingerprint density at radius 3 is 2.76 bits per heavy atom. The molecule has 2 aromatic carbocycles. The Kier molecular flexibility index (Phi) is 3.76. The molecule has 0 spiro atoms. The summed E-state index contributed by atoms with van der Waals surface area (Å²) in [6.07, 6.45) is 1.77. The van der Waals surface area contributed by atoms with Crippen LogP contribution in [0.4, 0.5) is 10.1 Å². The molecule has 4 heteroatoms. The van der Waals surface area contributed by atoms with Gasteiger partial charge in [0.1, 0.15) is 5.82 Å². The van der Waals surface area contributed by atoms with Crippen molar-refractivity contribution < 1.29 is 4.39 Å². The van der Waals surface area contributed by atoms with E-state index in [1.54, 1.807) is 12.3 Å². The first-order chi connectivity index (χ1) is 10.1. The van der Waals surface area contributed by atoms with Gasteiger partial charge in [0.15, 0.2) is 0 Å². The van der Waals surface area contributed by atoms with Crippen LogP contribution in [0.3, 0.4) is 0 Å². The molecule has 0 amide bonds. The lowest BCUT2D eigenvalue weighted by atomic mass is 10.1. The number of para-hydroxylation sites is 1. The Bertz CT molecular complexity index is 783. The van der Waals surface area contributed by atoms with E-state index in [0.717, 1.165) is 22.2 Å². The number of benzene rings is 2. The molecular weight excluding hydrogens is 287 g/mol. The Morgan fingerprint density at radius 1 is 1.14 bits per heavy atom. The van der Waals surface area contributed by atoms with Crippen LogP contribution in [0.5, 0.6) is 0 Å². The van der Waals surface area contributed by atoms with Crippen LogP contribution in [0.15, 0.2) is 54.7 Å². The highest BCUT2D eigenvalue weighted by atomic mass is 35.5. The van der Waals surface area contributed by atoms with Crippen LogP contribution >= 0.6 is 11.6 Å². The van der Waals surface area contributed by atoms with Crippen LogP contribution < -0.4 is 5.32 Å². The molecule has 2 nitrogen and oxygen atoms in total. The fourth-order valence-corrected chi connectivity index (χ4v) is 2.72. The van der Waals surface area contributed by atoms with Gasteiger partial charge in [-0.2, -0.15) is 0 Å². The minimum absolute atomic E-state index is 0.0503. The van der Waals surface area contributed by atoms with Crippen LogP contribution in [-0.4, -0.2) is 4.98 Å². The predicted octanol–water partition coefficient (Wildman–Crippen LogP) is 5.20. The van der Waals surface area contributed by atoms with E-state index < -0.39 is 0 Å². The van der Waals surface area contributed by atoms with Gasteiger partial charge in [-0.15, -0.1) is 0 Å². The number of nitrogens with zero attached hydrogens (tertiary/aromatic N) is 1. The second kappa shape index (κ2) is 5.70. The van der Waals surface area contributed by atoms with Crippen LogP contribution in [0, 0.1) is 5.82 Å². The van der Waals surface area contributed by atoms with Crippen molar-refractivity contribution in [2.45, 2.75) is 13.0 Å². The molecule has 106 valence electrons. The van der Waals surface area contributed by atoms with Crippen molar-refractivity contribution in [2.75, 3.05) is 5.32 Å². The maximum Gasteiger partial charge on any atom is 0.124 e. The largest absolute Gasteiger partial charge is 0.377 e. The van der Waals surface area contributed by atoms with Gasteiger partial charge in [0.05, 0.1) is 17.2 Å². The Morgan fingerprint density at radius 2 is 1.95 bits per heavy atom. The first-order valence-corrected chi connectivity index (χ1v) is 7.08. The van der Waals surface area contributed by atoms with E-state index in [9.17, 15) is 4.39 Å². The number of pyridine rings is 1. The van der Waals surface area contributed by atoms with Crippen molar-refractivity contribution in [3.8, 4) is 0 Å². The van der Waals surface area contributed by atoms with E-state index in [0.29, 0.717) is 5.02 Å². The molecule has 1 atom stereocenters. The van der Waals surface area contributed by atoms with Gasteiger partial charge in [-0.05, 0) is 36.8 Å². The van der Waals surface area contributed by atoms with Crippen molar-refractivity contribution in [3.05, 3.63) is 71.1 Å². The highest BCUT2D eigenvalue weighted by Crippen LogP contribution is 2.29. The van der Waals surface area contributed by atoms with Gasteiger partial charge in [0.25, 0.3) is 0 Å². The number of anilines is 1. The van der Waals surface area contributed by atoms with E-state index in [1.807, 2.05) is 37.3 Å². The zero-order chi connectivity index (χ0) is 14.8. The fraction of sp³-hybridized carbons (Fsp3) is 0.118. The van der Waals surface area contributed by atoms with Crippen molar-refractivity contribution in [1.29, 1.82) is 0 Å². The zero-order valence-electron chi connectivity index (χ0n) is 11.5. The summed E-state index contributed by atoms with van der Waals surface area (Å²) >= 11 is 6.11. The number of fused-ring (bicyclic) bond motifs is 1. The molecule has 0 saturated heterocycles. The van der Waals surface area contributed by atoms with Gasteiger partial charge in [-0.3, -0.25) is 4.98 Å². The molecule has 1 N–H and O–H groups in total. The summed E-state index contributed by atoms with van der Waals surface area (Å²) in [4.78, 5) is 4.41. The van der Waals surface area contributed by atoms with Gasteiger partial charge in [0, 0.05) is 16.6 Å². The van der Waals surface area contributed by atoms with Gasteiger partial charge in [-0.1, -0.05) is 35.9 Å². The zero-order valence-corrected chi connectivity index (χ0v) is 12.2. The normalized spacial score (nSPS) is 12.3. The first kappa shape index (κ1) is 13.8. The second-order valence-electron chi connectivity index (χ2n) is 4.91. The maximum atomic E-state index is 13.1. The molecule has 0 aliphatic heterocycles. The SMILES string of the molecule is CC(Nc1cccc2cccnc12)c1ccc(F)cc1Cl. The van der Waals surface area contributed by atoms with Crippen molar-refractivity contribution in [3.63, 3.8) is 0 Å². The minimum Gasteiger partial charge on any atom is -0.377 e. The van der Waals surface area contributed by atoms with Gasteiger partial charge in [0.2, 0.25) is 0 Å². The molecule has 0 radical (unpaired) electrons.